The average molecular weight is 280 g/mol. The Bertz CT molecular complexity index is 303. The maximum absolute atomic E-state index is 12.1. The third-order valence-electron chi connectivity index (χ3n) is 3.46. The van der Waals surface area contributed by atoms with E-state index in [0.717, 1.165) is 39.3 Å². The SMILES string of the molecule is C=CCN(CC=C)C(=O)CN(C)CCN1CCNCC1. The number of carbonyl (C=O) groups excluding carboxylic acids is 1. The average Bonchev–Trinajstić information content (AvgIpc) is 2.46. The predicted octanol–water partition coefficient (Wildman–Crippen LogP) is 0.0240. The molecule has 0 aromatic carbocycles. The van der Waals surface area contributed by atoms with E-state index in [1.54, 1.807) is 17.1 Å². The van der Waals surface area contributed by atoms with E-state index in [1.807, 2.05) is 7.05 Å². The second kappa shape index (κ2) is 9.69. The van der Waals surface area contributed by atoms with Gasteiger partial charge in [0.1, 0.15) is 0 Å². The molecule has 0 unspecified atom stereocenters. The maximum atomic E-state index is 12.1. The Balaban J connectivity index is 2.28. The van der Waals surface area contributed by atoms with Crippen LogP contribution < -0.4 is 5.32 Å². The summed E-state index contributed by atoms with van der Waals surface area (Å²) < 4.78 is 0. The van der Waals surface area contributed by atoms with Crippen LogP contribution in [0, 0.1) is 0 Å². The Morgan fingerprint density at radius 2 is 1.85 bits per heavy atom. The van der Waals surface area contributed by atoms with Gasteiger partial charge >= 0.3 is 0 Å². The Morgan fingerprint density at radius 3 is 2.40 bits per heavy atom. The van der Waals surface area contributed by atoms with Crippen LogP contribution in [0.4, 0.5) is 0 Å². The summed E-state index contributed by atoms with van der Waals surface area (Å²) in [5.41, 5.74) is 0. The van der Waals surface area contributed by atoms with Crippen LogP contribution in [0.5, 0.6) is 0 Å². The Hall–Kier alpha value is -1.17. The molecule has 20 heavy (non-hydrogen) atoms. The minimum atomic E-state index is 0.132. The summed E-state index contributed by atoms with van der Waals surface area (Å²) in [6.07, 6.45) is 3.50. The Labute approximate surface area is 122 Å². The predicted molar refractivity (Wildman–Crippen MR) is 83.8 cm³/mol. The highest BCUT2D eigenvalue weighted by atomic mass is 16.2. The molecule has 1 saturated heterocycles. The fraction of sp³-hybridized carbons (Fsp3) is 0.667. The largest absolute Gasteiger partial charge is 0.334 e. The number of carbonyl (C=O) groups is 1. The molecule has 1 rings (SSSR count). The first kappa shape index (κ1) is 16.9. The van der Waals surface area contributed by atoms with Crippen LogP contribution in [0.2, 0.25) is 0 Å². The molecule has 114 valence electrons. The van der Waals surface area contributed by atoms with Gasteiger partial charge in [-0.3, -0.25) is 14.6 Å². The smallest absolute Gasteiger partial charge is 0.237 e. The van der Waals surface area contributed by atoms with E-state index in [2.05, 4.69) is 28.3 Å². The summed E-state index contributed by atoms with van der Waals surface area (Å²) in [4.78, 5) is 18.4. The van der Waals surface area contributed by atoms with Crippen molar-refractivity contribution < 1.29 is 4.79 Å². The zero-order valence-corrected chi connectivity index (χ0v) is 12.7. The molecule has 0 atom stereocenters. The zero-order valence-electron chi connectivity index (χ0n) is 12.7. The van der Waals surface area contributed by atoms with Crippen LogP contribution in [0.25, 0.3) is 0 Å². The van der Waals surface area contributed by atoms with Gasteiger partial charge in [0.2, 0.25) is 5.91 Å². The Kier molecular flexibility index (Phi) is 8.18. The fourth-order valence-electron chi connectivity index (χ4n) is 2.25. The van der Waals surface area contributed by atoms with E-state index in [4.69, 9.17) is 0 Å². The molecule has 0 aliphatic carbocycles. The van der Waals surface area contributed by atoms with Crippen LogP contribution in [0.15, 0.2) is 25.3 Å². The summed E-state index contributed by atoms with van der Waals surface area (Å²) >= 11 is 0. The van der Waals surface area contributed by atoms with Crippen molar-refractivity contribution in [3.05, 3.63) is 25.3 Å². The first-order valence-corrected chi connectivity index (χ1v) is 7.28. The molecule has 1 heterocycles. The highest BCUT2D eigenvalue weighted by Crippen LogP contribution is 1.96. The summed E-state index contributed by atoms with van der Waals surface area (Å²) in [5, 5.41) is 3.34. The molecular weight excluding hydrogens is 252 g/mol. The molecular formula is C15H28N4O. The number of nitrogens with one attached hydrogen (secondary N) is 1. The van der Waals surface area contributed by atoms with Gasteiger partial charge in [-0.1, -0.05) is 12.2 Å². The van der Waals surface area contributed by atoms with E-state index in [1.165, 1.54) is 0 Å². The number of likely N-dealkylation sites (N-methyl/N-ethyl adjacent to an activating group) is 1. The van der Waals surface area contributed by atoms with Crippen LogP contribution in [-0.4, -0.2) is 86.6 Å². The lowest BCUT2D eigenvalue weighted by atomic mass is 10.3. The summed E-state index contributed by atoms with van der Waals surface area (Å²) in [7, 11) is 2.00. The lowest BCUT2D eigenvalue weighted by Gasteiger charge is -2.29. The monoisotopic (exact) mass is 280 g/mol. The van der Waals surface area contributed by atoms with Crippen LogP contribution in [0.3, 0.4) is 0 Å². The van der Waals surface area contributed by atoms with Crippen molar-refractivity contribution >= 4 is 5.91 Å². The van der Waals surface area contributed by atoms with Crippen molar-refractivity contribution in [2.45, 2.75) is 0 Å². The molecule has 1 amide bonds. The van der Waals surface area contributed by atoms with E-state index in [-0.39, 0.29) is 5.91 Å². The molecule has 0 radical (unpaired) electrons. The first-order chi connectivity index (χ1) is 9.67. The van der Waals surface area contributed by atoms with E-state index >= 15 is 0 Å². The van der Waals surface area contributed by atoms with E-state index in [0.29, 0.717) is 19.6 Å². The van der Waals surface area contributed by atoms with Gasteiger partial charge in [0.15, 0.2) is 0 Å². The summed E-state index contributed by atoms with van der Waals surface area (Å²) in [6.45, 7) is 15.3. The van der Waals surface area contributed by atoms with Crippen LogP contribution in [0.1, 0.15) is 0 Å². The molecule has 0 aromatic heterocycles. The minimum Gasteiger partial charge on any atom is -0.334 e. The lowest BCUT2D eigenvalue weighted by Crippen LogP contribution is -2.47. The summed E-state index contributed by atoms with van der Waals surface area (Å²) in [6, 6.07) is 0. The van der Waals surface area contributed by atoms with Crippen molar-refractivity contribution in [1.29, 1.82) is 0 Å². The third-order valence-corrected chi connectivity index (χ3v) is 3.46. The van der Waals surface area contributed by atoms with E-state index in [9.17, 15) is 4.79 Å². The van der Waals surface area contributed by atoms with Crippen LogP contribution in [-0.2, 0) is 4.79 Å². The Morgan fingerprint density at radius 1 is 1.25 bits per heavy atom. The second-order valence-corrected chi connectivity index (χ2v) is 5.21. The van der Waals surface area contributed by atoms with Gasteiger partial charge in [0.05, 0.1) is 6.54 Å². The fourth-order valence-corrected chi connectivity index (χ4v) is 2.25. The summed E-state index contributed by atoms with van der Waals surface area (Å²) in [5.74, 6) is 0.132. The molecule has 0 bridgehead atoms. The number of hydrogen-bond acceptors (Lipinski definition) is 4. The molecule has 5 nitrogen and oxygen atoms in total. The molecule has 1 aliphatic heterocycles. The highest BCUT2D eigenvalue weighted by Gasteiger charge is 2.14. The van der Waals surface area contributed by atoms with Crippen molar-refractivity contribution in [1.82, 2.24) is 20.0 Å². The van der Waals surface area contributed by atoms with Crippen molar-refractivity contribution in [2.75, 3.05) is 66.0 Å². The number of hydrogen-bond donors (Lipinski definition) is 1. The molecule has 1 fully saturated rings. The maximum Gasteiger partial charge on any atom is 0.237 e. The number of piperazine rings is 1. The zero-order chi connectivity index (χ0) is 14.8. The van der Waals surface area contributed by atoms with Gasteiger partial charge in [-0.05, 0) is 7.05 Å². The topological polar surface area (TPSA) is 38.8 Å². The number of amides is 1. The van der Waals surface area contributed by atoms with Gasteiger partial charge in [0.25, 0.3) is 0 Å². The van der Waals surface area contributed by atoms with Crippen molar-refractivity contribution in [3.63, 3.8) is 0 Å². The van der Waals surface area contributed by atoms with E-state index < -0.39 is 0 Å². The van der Waals surface area contributed by atoms with Crippen molar-refractivity contribution in [2.24, 2.45) is 0 Å². The molecule has 0 aromatic rings. The van der Waals surface area contributed by atoms with Gasteiger partial charge in [-0.25, -0.2) is 0 Å². The lowest BCUT2D eigenvalue weighted by molar-refractivity contribution is -0.131. The molecule has 1 N–H and O–H groups in total. The van der Waals surface area contributed by atoms with Gasteiger partial charge in [-0.15, -0.1) is 13.2 Å². The second-order valence-electron chi connectivity index (χ2n) is 5.21. The minimum absolute atomic E-state index is 0.132. The van der Waals surface area contributed by atoms with Gasteiger partial charge in [-0.2, -0.15) is 0 Å². The van der Waals surface area contributed by atoms with Crippen LogP contribution >= 0.6 is 0 Å². The first-order valence-electron chi connectivity index (χ1n) is 7.28. The van der Waals surface area contributed by atoms with Gasteiger partial charge in [0, 0.05) is 52.4 Å². The standard InChI is InChI=1S/C15H28N4O/c1-4-8-19(9-5-2)15(20)14-17(3)12-13-18-10-6-16-7-11-18/h4-5,16H,1-2,6-14H2,3H3. The molecule has 5 heteroatoms. The molecule has 1 aliphatic rings. The van der Waals surface area contributed by atoms with Crippen molar-refractivity contribution in [3.8, 4) is 0 Å². The highest BCUT2D eigenvalue weighted by molar-refractivity contribution is 5.78. The number of rotatable bonds is 9. The molecule has 0 saturated carbocycles. The quantitative estimate of drug-likeness (QED) is 0.605. The third kappa shape index (κ3) is 6.32. The van der Waals surface area contributed by atoms with Gasteiger partial charge < -0.3 is 10.2 Å². The number of nitrogens with zero attached hydrogens (tertiary/aromatic N) is 3. The molecule has 0 spiro atoms. The normalized spacial score (nSPS) is 16.1.